The van der Waals surface area contributed by atoms with Crippen LogP contribution in [0, 0.1) is 0 Å². The first-order valence-corrected chi connectivity index (χ1v) is 8.79. The molecule has 0 radical (unpaired) electrons. The van der Waals surface area contributed by atoms with Crippen molar-refractivity contribution in [2.75, 3.05) is 30.4 Å². The molecule has 0 spiro atoms. The van der Waals surface area contributed by atoms with Gasteiger partial charge in [0, 0.05) is 37.4 Å². The molecule has 5 nitrogen and oxygen atoms in total. The Balaban J connectivity index is 1.76. The summed E-state index contributed by atoms with van der Waals surface area (Å²) in [7, 11) is -2.95. The van der Waals surface area contributed by atoms with Crippen LogP contribution in [0.1, 0.15) is 24.3 Å². The van der Waals surface area contributed by atoms with Gasteiger partial charge in [-0.1, -0.05) is 18.2 Å². The van der Waals surface area contributed by atoms with Gasteiger partial charge in [0.05, 0.1) is 5.75 Å². The van der Waals surface area contributed by atoms with Crippen LogP contribution in [-0.4, -0.2) is 39.4 Å². The molecule has 1 atom stereocenters. The third-order valence-electron chi connectivity index (χ3n) is 3.39. The van der Waals surface area contributed by atoms with Gasteiger partial charge in [-0.05, 0) is 18.1 Å². The Morgan fingerprint density at radius 3 is 2.90 bits per heavy atom. The van der Waals surface area contributed by atoms with Crippen LogP contribution in [-0.2, 0) is 14.6 Å². The summed E-state index contributed by atoms with van der Waals surface area (Å²) in [6.07, 6.45) is 2.10. The molecule has 1 aliphatic heterocycles. The Bertz CT molecular complexity index is 584. The number of fused-ring (bicyclic) bond motifs is 1. The van der Waals surface area contributed by atoms with Crippen molar-refractivity contribution in [3.05, 3.63) is 29.8 Å². The van der Waals surface area contributed by atoms with Crippen molar-refractivity contribution in [2.45, 2.75) is 18.8 Å². The molecule has 1 aromatic carbocycles. The van der Waals surface area contributed by atoms with Crippen molar-refractivity contribution >= 4 is 21.4 Å². The zero-order valence-electron chi connectivity index (χ0n) is 11.6. The molecule has 2 rings (SSSR count). The highest BCUT2D eigenvalue weighted by atomic mass is 32.2. The zero-order valence-corrected chi connectivity index (χ0v) is 12.4. The van der Waals surface area contributed by atoms with Crippen LogP contribution < -0.4 is 10.6 Å². The first kappa shape index (κ1) is 14.8. The maximum Gasteiger partial charge on any atom is 0.220 e. The number of carbonyl (C=O) groups excluding carboxylic acids is 1. The number of hydrogen-bond donors (Lipinski definition) is 2. The van der Waals surface area contributed by atoms with E-state index in [9.17, 15) is 13.2 Å². The van der Waals surface area contributed by atoms with Gasteiger partial charge in [-0.3, -0.25) is 4.79 Å². The predicted molar refractivity (Wildman–Crippen MR) is 79.6 cm³/mol. The Morgan fingerprint density at radius 1 is 1.40 bits per heavy atom. The maximum absolute atomic E-state index is 11.8. The Hall–Kier alpha value is -1.56. The summed E-state index contributed by atoms with van der Waals surface area (Å²) < 4.78 is 21.9. The second-order valence-corrected chi connectivity index (χ2v) is 7.46. The monoisotopic (exact) mass is 296 g/mol. The van der Waals surface area contributed by atoms with E-state index in [2.05, 4.69) is 10.6 Å². The van der Waals surface area contributed by atoms with Crippen LogP contribution in [0.3, 0.4) is 0 Å². The van der Waals surface area contributed by atoms with E-state index in [0.717, 1.165) is 12.2 Å². The van der Waals surface area contributed by atoms with Gasteiger partial charge in [-0.25, -0.2) is 8.42 Å². The number of rotatable bonds is 6. The van der Waals surface area contributed by atoms with Crippen molar-refractivity contribution in [3.8, 4) is 0 Å². The highest BCUT2D eigenvalue weighted by Crippen LogP contribution is 2.32. The van der Waals surface area contributed by atoms with E-state index in [1.54, 1.807) is 0 Å². The van der Waals surface area contributed by atoms with Crippen LogP contribution in [0.4, 0.5) is 5.69 Å². The Morgan fingerprint density at radius 2 is 2.15 bits per heavy atom. The van der Waals surface area contributed by atoms with Crippen LogP contribution in [0.5, 0.6) is 0 Å². The SMILES string of the molecule is CS(=O)(=O)CCCNC(=O)CC1CNc2ccccc21. The van der Waals surface area contributed by atoms with Crippen LogP contribution >= 0.6 is 0 Å². The molecule has 1 heterocycles. The lowest BCUT2D eigenvalue weighted by atomic mass is 9.97. The number of nitrogens with one attached hydrogen (secondary N) is 2. The van der Waals surface area contributed by atoms with Gasteiger partial charge in [-0.2, -0.15) is 0 Å². The second-order valence-electron chi connectivity index (χ2n) is 5.20. The number of sulfone groups is 1. The molecule has 1 amide bonds. The third kappa shape index (κ3) is 4.23. The largest absolute Gasteiger partial charge is 0.384 e. The second kappa shape index (κ2) is 6.26. The number of amides is 1. The number of carbonyl (C=O) groups is 1. The zero-order chi connectivity index (χ0) is 14.6. The molecule has 6 heteroatoms. The van der Waals surface area contributed by atoms with Gasteiger partial charge in [-0.15, -0.1) is 0 Å². The summed E-state index contributed by atoms with van der Waals surface area (Å²) in [6, 6.07) is 8.00. The fourth-order valence-electron chi connectivity index (χ4n) is 2.40. The van der Waals surface area contributed by atoms with Crippen molar-refractivity contribution in [3.63, 3.8) is 0 Å². The minimum Gasteiger partial charge on any atom is -0.384 e. The first-order chi connectivity index (χ1) is 9.46. The van der Waals surface area contributed by atoms with E-state index in [-0.39, 0.29) is 17.6 Å². The van der Waals surface area contributed by atoms with Gasteiger partial charge in [0.1, 0.15) is 9.84 Å². The molecule has 1 aliphatic rings. The smallest absolute Gasteiger partial charge is 0.220 e. The quantitative estimate of drug-likeness (QED) is 0.772. The minimum absolute atomic E-state index is 0.0259. The van der Waals surface area contributed by atoms with E-state index in [0.29, 0.717) is 19.4 Å². The highest BCUT2D eigenvalue weighted by molar-refractivity contribution is 7.90. The third-order valence-corrected chi connectivity index (χ3v) is 4.42. The first-order valence-electron chi connectivity index (χ1n) is 6.73. The molecule has 110 valence electrons. The summed E-state index contributed by atoms with van der Waals surface area (Å²) >= 11 is 0. The van der Waals surface area contributed by atoms with E-state index in [1.807, 2.05) is 24.3 Å². The van der Waals surface area contributed by atoms with E-state index < -0.39 is 9.84 Å². The lowest BCUT2D eigenvalue weighted by Gasteiger charge is -2.10. The fraction of sp³-hybridized carbons (Fsp3) is 0.500. The number of hydrogen-bond acceptors (Lipinski definition) is 4. The molecule has 0 aliphatic carbocycles. The normalized spacial score (nSPS) is 17.4. The van der Waals surface area contributed by atoms with E-state index in [4.69, 9.17) is 0 Å². The number of para-hydroxylation sites is 1. The van der Waals surface area contributed by atoms with Crippen molar-refractivity contribution < 1.29 is 13.2 Å². The highest BCUT2D eigenvalue weighted by Gasteiger charge is 2.23. The topological polar surface area (TPSA) is 75.3 Å². The van der Waals surface area contributed by atoms with Crippen molar-refractivity contribution in [2.24, 2.45) is 0 Å². The molecule has 0 saturated heterocycles. The van der Waals surface area contributed by atoms with Crippen LogP contribution in [0.25, 0.3) is 0 Å². The summed E-state index contributed by atoms with van der Waals surface area (Å²) in [5.74, 6) is 0.282. The van der Waals surface area contributed by atoms with Crippen molar-refractivity contribution in [1.82, 2.24) is 5.32 Å². The molecule has 1 unspecified atom stereocenters. The van der Waals surface area contributed by atoms with Crippen LogP contribution in [0.15, 0.2) is 24.3 Å². The average molecular weight is 296 g/mol. The van der Waals surface area contributed by atoms with Gasteiger partial charge in [0.15, 0.2) is 0 Å². The molecule has 0 fully saturated rings. The standard InChI is InChI=1S/C14H20N2O3S/c1-20(18,19)8-4-7-15-14(17)9-11-10-16-13-6-3-2-5-12(11)13/h2-3,5-6,11,16H,4,7-10H2,1H3,(H,15,17). The molecular weight excluding hydrogens is 276 g/mol. The van der Waals surface area contributed by atoms with E-state index >= 15 is 0 Å². The Labute approximate surface area is 119 Å². The maximum atomic E-state index is 11.8. The Kier molecular flexibility index (Phi) is 4.65. The molecule has 1 aromatic rings. The molecule has 0 saturated carbocycles. The van der Waals surface area contributed by atoms with Gasteiger partial charge in [0.25, 0.3) is 0 Å². The lowest BCUT2D eigenvalue weighted by molar-refractivity contribution is -0.121. The van der Waals surface area contributed by atoms with Gasteiger partial charge in [0.2, 0.25) is 5.91 Å². The lowest BCUT2D eigenvalue weighted by Crippen LogP contribution is -2.27. The van der Waals surface area contributed by atoms with E-state index in [1.165, 1.54) is 11.8 Å². The molecule has 20 heavy (non-hydrogen) atoms. The summed E-state index contributed by atoms with van der Waals surface area (Å²) in [5, 5.41) is 6.07. The predicted octanol–water partition coefficient (Wildman–Crippen LogP) is 1.14. The number of anilines is 1. The molecule has 2 N–H and O–H groups in total. The van der Waals surface area contributed by atoms with Crippen molar-refractivity contribution in [1.29, 1.82) is 0 Å². The van der Waals surface area contributed by atoms with Gasteiger partial charge < -0.3 is 10.6 Å². The van der Waals surface area contributed by atoms with Gasteiger partial charge >= 0.3 is 0 Å². The molecule has 0 aromatic heterocycles. The number of benzene rings is 1. The minimum atomic E-state index is -2.95. The fourth-order valence-corrected chi connectivity index (χ4v) is 3.07. The summed E-state index contributed by atoms with van der Waals surface area (Å²) in [5.41, 5.74) is 2.28. The molecule has 0 bridgehead atoms. The molecular formula is C14H20N2O3S. The average Bonchev–Trinajstić information content (AvgIpc) is 2.77. The van der Waals surface area contributed by atoms with Crippen LogP contribution in [0.2, 0.25) is 0 Å². The summed E-state index contributed by atoms with van der Waals surface area (Å²) in [4.78, 5) is 11.8. The summed E-state index contributed by atoms with van der Waals surface area (Å²) in [6.45, 7) is 1.18.